The van der Waals surface area contributed by atoms with Gasteiger partial charge in [0.25, 0.3) is 11.8 Å². The third kappa shape index (κ3) is 5.35. The molecule has 1 saturated heterocycles. The van der Waals surface area contributed by atoms with Gasteiger partial charge in [-0.2, -0.15) is 0 Å². The highest BCUT2D eigenvalue weighted by molar-refractivity contribution is 6.15. The summed E-state index contributed by atoms with van der Waals surface area (Å²) in [6, 6.07) is 29.0. The van der Waals surface area contributed by atoms with E-state index >= 15 is 0 Å². The molecule has 0 saturated carbocycles. The molecule has 7 rings (SSSR count). The normalized spacial score (nSPS) is 20.7. The topological polar surface area (TPSA) is 111 Å². The van der Waals surface area contributed by atoms with Crippen LogP contribution in [0.15, 0.2) is 109 Å². The Morgan fingerprint density at radius 3 is 2.48 bits per heavy atom. The molecule has 3 aliphatic heterocycles. The number of hydrogen-bond donors (Lipinski definition) is 2. The van der Waals surface area contributed by atoms with Gasteiger partial charge in [0.15, 0.2) is 11.4 Å². The second-order valence-electron chi connectivity index (χ2n) is 12.5. The van der Waals surface area contributed by atoms with Gasteiger partial charge in [-0.3, -0.25) is 19.3 Å². The highest BCUT2D eigenvalue weighted by Gasteiger charge is 2.53. The van der Waals surface area contributed by atoms with Crippen LogP contribution < -0.4 is 14.5 Å². The highest BCUT2D eigenvalue weighted by atomic mass is 16.5. The monoisotopic (exact) mass is 643 g/mol. The van der Waals surface area contributed by atoms with E-state index in [0.29, 0.717) is 46.2 Å². The van der Waals surface area contributed by atoms with Crippen molar-refractivity contribution in [3.63, 3.8) is 0 Å². The van der Waals surface area contributed by atoms with Gasteiger partial charge in [-0.1, -0.05) is 73.7 Å². The number of carbonyl (C=O) groups is 3. The summed E-state index contributed by atoms with van der Waals surface area (Å²) in [5.41, 5.74) is 1.21. The van der Waals surface area contributed by atoms with Gasteiger partial charge >= 0.3 is 0 Å². The van der Waals surface area contributed by atoms with Gasteiger partial charge in [-0.05, 0) is 60.9 Å². The second-order valence-corrected chi connectivity index (χ2v) is 12.5. The van der Waals surface area contributed by atoms with Crippen molar-refractivity contribution < 1.29 is 29.3 Å². The minimum absolute atomic E-state index is 0.0712. The lowest BCUT2D eigenvalue weighted by molar-refractivity contribution is -0.139. The molecule has 3 amide bonds. The van der Waals surface area contributed by atoms with Gasteiger partial charge in [0.2, 0.25) is 5.91 Å². The van der Waals surface area contributed by atoms with Crippen molar-refractivity contribution in [1.82, 2.24) is 4.90 Å². The van der Waals surface area contributed by atoms with Crippen molar-refractivity contribution in [3.8, 4) is 11.5 Å². The summed E-state index contributed by atoms with van der Waals surface area (Å²) in [5.74, 6) is -0.690. The van der Waals surface area contributed by atoms with Crippen LogP contribution in [0.4, 0.5) is 17.1 Å². The van der Waals surface area contributed by atoms with Crippen LogP contribution in [-0.4, -0.2) is 52.0 Å². The van der Waals surface area contributed by atoms with E-state index in [0.717, 1.165) is 18.4 Å². The number of hydrogen-bond acceptors (Lipinski definition) is 6. The first-order chi connectivity index (χ1) is 23.3. The first kappa shape index (κ1) is 31.4. The number of rotatable bonds is 8. The van der Waals surface area contributed by atoms with Crippen LogP contribution in [0.5, 0.6) is 11.5 Å². The number of aliphatic hydroxyl groups excluding tert-OH is 1. The van der Waals surface area contributed by atoms with E-state index in [1.54, 1.807) is 82.3 Å². The SMILES string of the molecule is C[C@@H](/C=C/CC(=O)N1CCC[C@H]1CO)[C@]1(O)C(=O)N(Cc2ccccc2)c2ccc(N3C(=O)c4ccccc4Oc4ccccc43)cc21. The Labute approximate surface area is 279 Å². The minimum atomic E-state index is -1.98. The van der Waals surface area contributed by atoms with Crippen molar-refractivity contribution in [2.24, 2.45) is 5.92 Å². The molecule has 0 bridgehead atoms. The van der Waals surface area contributed by atoms with Crippen molar-refractivity contribution in [3.05, 3.63) is 126 Å². The zero-order valence-electron chi connectivity index (χ0n) is 26.7. The maximum atomic E-state index is 14.3. The molecule has 3 aliphatic rings. The summed E-state index contributed by atoms with van der Waals surface area (Å²) in [6.07, 6.45) is 5.11. The largest absolute Gasteiger partial charge is 0.454 e. The smallest absolute Gasteiger partial charge is 0.266 e. The van der Waals surface area contributed by atoms with E-state index < -0.39 is 17.4 Å². The number of anilines is 3. The third-order valence-corrected chi connectivity index (χ3v) is 9.63. The fourth-order valence-electron chi connectivity index (χ4n) is 7.05. The standard InChI is InChI=1S/C39H37N3O6/c1-26(11-9-19-36(44)40-22-10-14-29(40)25-43)39(47)31-23-28(20-21-32(31)41(38(39)46)24-27-12-3-2-4-13-27)42-33-16-6-8-18-35(33)48-34-17-7-5-15-30(34)37(42)45/h2-9,11-13,15-18,20-21,23,26,29,43,47H,10,14,19,22,24-25H2,1H3/b11-9+/t26-,29-,39+/m0/s1. The summed E-state index contributed by atoms with van der Waals surface area (Å²) in [4.78, 5) is 46.3. The molecule has 0 aliphatic carbocycles. The van der Waals surface area contributed by atoms with E-state index in [-0.39, 0.29) is 37.4 Å². The van der Waals surface area contributed by atoms with Gasteiger partial charge in [-0.15, -0.1) is 0 Å². The first-order valence-electron chi connectivity index (χ1n) is 16.3. The first-order valence-corrected chi connectivity index (χ1v) is 16.3. The van der Waals surface area contributed by atoms with Gasteiger partial charge in [0.05, 0.1) is 36.1 Å². The number of aliphatic hydroxyl groups is 2. The minimum Gasteiger partial charge on any atom is -0.454 e. The van der Waals surface area contributed by atoms with Gasteiger partial charge in [-0.25, -0.2) is 0 Å². The van der Waals surface area contributed by atoms with Gasteiger partial charge in [0, 0.05) is 30.1 Å². The molecular weight excluding hydrogens is 606 g/mol. The lowest BCUT2D eigenvalue weighted by Gasteiger charge is -2.29. The Morgan fingerprint density at radius 2 is 1.69 bits per heavy atom. The zero-order chi connectivity index (χ0) is 33.4. The molecule has 3 atom stereocenters. The quantitative estimate of drug-likeness (QED) is 0.226. The molecular formula is C39H37N3O6. The lowest BCUT2D eigenvalue weighted by Crippen LogP contribution is -2.44. The molecule has 0 unspecified atom stereocenters. The Hall–Kier alpha value is -5.25. The summed E-state index contributed by atoms with van der Waals surface area (Å²) in [5, 5.41) is 22.1. The Bertz CT molecular complexity index is 1910. The predicted octanol–water partition coefficient (Wildman–Crippen LogP) is 6.07. The van der Waals surface area contributed by atoms with Crippen LogP contribution in [0.2, 0.25) is 0 Å². The van der Waals surface area contributed by atoms with Gasteiger partial charge in [0.1, 0.15) is 5.75 Å². The Kier molecular flexibility index (Phi) is 8.33. The van der Waals surface area contributed by atoms with Gasteiger partial charge < -0.3 is 24.7 Å². The van der Waals surface area contributed by atoms with E-state index in [2.05, 4.69) is 0 Å². The Morgan fingerprint density at radius 1 is 0.958 bits per heavy atom. The fourth-order valence-corrected chi connectivity index (χ4v) is 7.05. The average molecular weight is 644 g/mol. The number of nitrogens with zero attached hydrogens (tertiary/aromatic N) is 3. The maximum absolute atomic E-state index is 14.3. The van der Waals surface area contributed by atoms with Crippen molar-refractivity contribution in [2.45, 2.75) is 44.4 Å². The predicted molar refractivity (Wildman–Crippen MR) is 182 cm³/mol. The van der Waals surface area contributed by atoms with E-state index in [1.807, 2.05) is 48.5 Å². The molecule has 9 heteroatoms. The molecule has 4 aromatic carbocycles. The van der Waals surface area contributed by atoms with E-state index in [4.69, 9.17) is 4.74 Å². The molecule has 0 spiro atoms. The second kappa shape index (κ2) is 12.7. The fraction of sp³-hybridized carbons (Fsp3) is 0.256. The zero-order valence-corrected chi connectivity index (χ0v) is 26.7. The number of ether oxygens (including phenoxy) is 1. The maximum Gasteiger partial charge on any atom is 0.266 e. The molecule has 4 aromatic rings. The van der Waals surface area contributed by atoms with Crippen LogP contribution in [-0.2, 0) is 21.7 Å². The molecule has 1 fully saturated rings. The van der Waals surface area contributed by atoms with Crippen molar-refractivity contribution >= 4 is 34.8 Å². The van der Waals surface area contributed by atoms with Crippen LogP contribution in [0.3, 0.4) is 0 Å². The summed E-state index contributed by atoms with van der Waals surface area (Å²) < 4.78 is 6.18. The number of amides is 3. The molecule has 0 aromatic heterocycles. The number of benzene rings is 4. The number of carbonyl (C=O) groups excluding carboxylic acids is 3. The van der Waals surface area contributed by atoms with Crippen LogP contribution in [0, 0.1) is 5.92 Å². The van der Waals surface area contributed by atoms with E-state index in [9.17, 15) is 24.6 Å². The van der Waals surface area contributed by atoms with Crippen LogP contribution >= 0.6 is 0 Å². The number of likely N-dealkylation sites (tertiary alicyclic amines) is 1. The molecule has 48 heavy (non-hydrogen) atoms. The van der Waals surface area contributed by atoms with Crippen LogP contribution in [0.25, 0.3) is 0 Å². The molecule has 244 valence electrons. The summed E-state index contributed by atoms with van der Waals surface area (Å²) >= 11 is 0. The molecule has 3 heterocycles. The third-order valence-electron chi connectivity index (χ3n) is 9.63. The van der Waals surface area contributed by atoms with Crippen LogP contribution in [0.1, 0.15) is 47.7 Å². The molecule has 9 nitrogen and oxygen atoms in total. The lowest BCUT2D eigenvalue weighted by atomic mass is 9.82. The summed E-state index contributed by atoms with van der Waals surface area (Å²) in [6.45, 7) is 2.53. The highest BCUT2D eigenvalue weighted by Crippen LogP contribution is 2.49. The average Bonchev–Trinajstić information content (AvgIpc) is 3.64. The Balaban J connectivity index is 1.28. The van der Waals surface area contributed by atoms with Crippen molar-refractivity contribution in [2.75, 3.05) is 23.0 Å². The number of fused-ring (bicyclic) bond motifs is 3. The molecule has 2 N–H and O–H groups in total. The number of para-hydroxylation sites is 3. The molecule has 0 radical (unpaired) electrons. The van der Waals surface area contributed by atoms with Crippen molar-refractivity contribution in [1.29, 1.82) is 0 Å². The summed E-state index contributed by atoms with van der Waals surface area (Å²) in [7, 11) is 0. The van der Waals surface area contributed by atoms with E-state index in [1.165, 1.54) is 0 Å².